The number of carbonyl (C=O) groups is 4. The molecule has 0 radical (unpaired) electrons. The zero-order valence-electron chi connectivity index (χ0n) is 20.8. The SMILES string of the molecule is CCOc1ccc(CC(CN(CCN(CC)CC(=O)O)CC(=O)O)N(CCC(=O)O)CC(=O)O)cc1. The van der Waals surface area contributed by atoms with Crippen molar-refractivity contribution in [3.05, 3.63) is 29.8 Å². The summed E-state index contributed by atoms with van der Waals surface area (Å²) in [6.07, 6.45) is 0.0796. The number of carboxylic acid groups (broad SMARTS) is 4. The van der Waals surface area contributed by atoms with Crippen molar-refractivity contribution in [2.45, 2.75) is 32.7 Å². The molecule has 202 valence electrons. The normalized spacial score (nSPS) is 12.1. The quantitative estimate of drug-likeness (QED) is 0.193. The molecule has 4 N–H and O–H groups in total. The lowest BCUT2D eigenvalue weighted by Gasteiger charge is -2.35. The molecular formula is C24H37N3O9. The van der Waals surface area contributed by atoms with Gasteiger partial charge < -0.3 is 25.2 Å². The van der Waals surface area contributed by atoms with Gasteiger partial charge in [0.05, 0.1) is 32.7 Å². The Morgan fingerprint density at radius 3 is 1.83 bits per heavy atom. The van der Waals surface area contributed by atoms with E-state index in [-0.39, 0.29) is 39.1 Å². The smallest absolute Gasteiger partial charge is 0.317 e. The lowest BCUT2D eigenvalue weighted by Crippen LogP contribution is -2.50. The van der Waals surface area contributed by atoms with E-state index in [0.29, 0.717) is 31.9 Å². The molecule has 0 spiro atoms. The van der Waals surface area contributed by atoms with Crippen LogP contribution < -0.4 is 4.74 Å². The van der Waals surface area contributed by atoms with E-state index in [1.807, 2.05) is 19.1 Å². The van der Waals surface area contributed by atoms with E-state index in [4.69, 9.17) is 14.9 Å². The van der Waals surface area contributed by atoms with Gasteiger partial charge in [0.1, 0.15) is 5.75 Å². The maximum Gasteiger partial charge on any atom is 0.317 e. The number of carboxylic acids is 4. The van der Waals surface area contributed by atoms with Gasteiger partial charge in [-0.25, -0.2) is 0 Å². The highest BCUT2D eigenvalue weighted by molar-refractivity contribution is 5.70. The summed E-state index contributed by atoms with van der Waals surface area (Å²) in [4.78, 5) is 50.3. The van der Waals surface area contributed by atoms with Gasteiger partial charge in [-0.2, -0.15) is 0 Å². The van der Waals surface area contributed by atoms with Crippen LogP contribution in [0.4, 0.5) is 0 Å². The van der Waals surface area contributed by atoms with Crippen molar-refractivity contribution in [2.24, 2.45) is 0 Å². The Balaban J connectivity index is 3.18. The first-order chi connectivity index (χ1) is 17.0. The molecule has 1 rings (SSSR count). The highest BCUT2D eigenvalue weighted by Crippen LogP contribution is 2.17. The molecule has 0 saturated carbocycles. The van der Waals surface area contributed by atoms with Crippen LogP contribution in [0.15, 0.2) is 24.3 Å². The van der Waals surface area contributed by atoms with Crippen molar-refractivity contribution in [1.82, 2.24) is 14.7 Å². The molecule has 0 bridgehead atoms. The Morgan fingerprint density at radius 2 is 1.33 bits per heavy atom. The van der Waals surface area contributed by atoms with E-state index in [1.54, 1.807) is 28.9 Å². The average molecular weight is 512 g/mol. The Hall–Kier alpha value is -3.22. The molecule has 0 amide bonds. The fourth-order valence-electron chi connectivity index (χ4n) is 3.82. The standard InChI is InChI=1S/C24H37N3O9/c1-3-25(15-22(30)31)11-12-26(16-23(32)33)14-19(27(17-24(34)35)10-9-21(28)29)13-18-5-7-20(8-6-18)36-4-2/h5-8,19H,3-4,9-17H2,1-2H3,(H,28,29)(H,30,31)(H,32,33)(H,34,35). The molecule has 0 aliphatic carbocycles. The number of hydrogen-bond donors (Lipinski definition) is 4. The molecule has 36 heavy (non-hydrogen) atoms. The molecule has 0 aliphatic heterocycles. The minimum Gasteiger partial charge on any atom is -0.494 e. The molecule has 1 aromatic carbocycles. The van der Waals surface area contributed by atoms with E-state index < -0.39 is 36.5 Å². The molecular weight excluding hydrogens is 474 g/mol. The maximum absolute atomic E-state index is 11.6. The molecule has 0 aliphatic rings. The fourth-order valence-corrected chi connectivity index (χ4v) is 3.82. The molecule has 1 atom stereocenters. The van der Waals surface area contributed by atoms with Crippen LogP contribution in [-0.2, 0) is 25.6 Å². The number of nitrogens with zero attached hydrogens (tertiary/aromatic N) is 3. The summed E-state index contributed by atoms with van der Waals surface area (Å²) < 4.78 is 5.46. The number of ether oxygens (including phenoxy) is 1. The molecule has 0 saturated heterocycles. The zero-order chi connectivity index (χ0) is 27.1. The largest absolute Gasteiger partial charge is 0.494 e. The molecule has 0 fully saturated rings. The van der Waals surface area contributed by atoms with Gasteiger partial charge in [-0.05, 0) is 37.6 Å². The Labute approximate surface area is 210 Å². The van der Waals surface area contributed by atoms with Gasteiger partial charge in [-0.15, -0.1) is 0 Å². The van der Waals surface area contributed by atoms with Gasteiger partial charge in [0, 0.05) is 32.2 Å². The Morgan fingerprint density at radius 1 is 0.778 bits per heavy atom. The predicted molar refractivity (Wildman–Crippen MR) is 130 cm³/mol. The summed E-state index contributed by atoms with van der Waals surface area (Å²) in [5.74, 6) is -3.58. The summed E-state index contributed by atoms with van der Waals surface area (Å²) >= 11 is 0. The van der Waals surface area contributed by atoms with Gasteiger partial charge in [0.15, 0.2) is 0 Å². The van der Waals surface area contributed by atoms with Crippen LogP contribution in [0.5, 0.6) is 5.75 Å². The van der Waals surface area contributed by atoms with Crippen molar-refractivity contribution >= 4 is 23.9 Å². The highest BCUT2D eigenvalue weighted by Gasteiger charge is 2.26. The molecule has 12 nitrogen and oxygen atoms in total. The Kier molecular flexibility index (Phi) is 14.1. The van der Waals surface area contributed by atoms with Crippen LogP contribution in [0, 0.1) is 0 Å². The molecule has 0 heterocycles. The van der Waals surface area contributed by atoms with Crippen molar-refractivity contribution in [3.63, 3.8) is 0 Å². The van der Waals surface area contributed by atoms with E-state index in [1.165, 1.54) is 4.90 Å². The summed E-state index contributed by atoms with van der Waals surface area (Å²) in [6, 6.07) is 6.74. The average Bonchev–Trinajstić information content (AvgIpc) is 2.79. The number of hydrogen-bond acceptors (Lipinski definition) is 8. The Bertz CT molecular complexity index is 848. The first kappa shape index (κ1) is 30.8. The number of likely N-dealkylation sites (N-methyl/N-ethyl adjacent to an activating group) is 1. The van der Waals surface area contributed by atoms with Gasteiger partial charge in [-0.3, -0.25) is 33.9 Å². The number of aliphatic carboxylic acids is 4. The third-order valence-electron chi connectivity index (χ3n) is 5.54. The van der Waals surface area contributed by atoms with E-state index in [2.05, 4.69) is 0 Å². The third kappa shape index (κ3) is 13.0. The van der Waals surface area contributed by atoms with Gasteiger partial charge in [0.25, 0.3) is 0 Å². The summed E-state index contributed by atoms with van der Waals surface area (Å²) in [6.45, 7) is 4.39. The molecule has 0 aromatic heterocycles. The first-order valence-corrected chi connectivity index (χ1v) is 11.8. The monoisotopic (exact) mass is 511 g/mol. The van der Waals surface area contributed by atoms with Gasteiger partial charge >= 0.3 is 23.9 Å². The number of benzene rings is 1. The van der Waals surface area contributed by atoms with E-state index in [9.17, 15) is 29.4 Å². The summed E-state index contributed by atoms with van der Waals surface area (Å²) in [5.41, 5.74) is 0.852. The van der Waals surface area contributed by atoms with Crippen LogP contribution in [0.1, 0.15) is 25.8 Å². The van der Waals surface area contributed by atoms with E-state index >= 15 is 0 Å². The second-order valence-electron chi connectivity index (χ2n) is 8.33. The van der Waals surface area contributed by atoms with Crippen LogP contribution >= 0.6 is 0 Å². The maximum atomic E-state index is 11.6. The minimum absolute atomic E-state index is 0.0235. The lowest BCUT2D eigenvalue weighted by molar-refractivity contribution is -0.142. The van der Waals surface area contributed by atoms with Crippen molar-refractivity contribution in [2.75, 3.05) is 59.0 Å². The van der Waals surface area contributed by atoms with Gasteiger partial charge in [-0.1, -0.05) is 19.1 Å². The zero-order valence-corrected chi connectivity index (χ0v) is 20.8. The van der Waals surface area contributed by atoms with Crippen molar-refractivity contribution < 1.29 is 44.3 Å². The van der Waals surface area contributed by atoms with Gasteiger partial charge in [0.2, 0.25) is 0 Å². The number of rotatable bonds is 20. The molecule has 1 unspecified atom stereocenters. The third-order valence-corrected chi connectivity index (χ3v) is 5.54. The van der Waals surface area contributed by atoms with E-state index in [0.717, 1.165) is 5.56 Å². The second kappa shape index (κ2) is 16.5. The minimum atomic E-state index is -1.12. The lowest BCUT2D eigenvalue weighted by atomic mass is 10.0. The van der Waals surface area contributed by atoms with Crippen molar-refractivity contribution in [3.8, 4) is 5.75 Å². The highest BCUT2D eigenvalue weighted by atomic mass is 16.5. The first-order valence-electron chi connectivity index (χ1n) is 11.8. The van der Waals surface area contributed by atoms with Crippen LogP contribution in [0.3, 0.4) is 0 Å². The van der Waals surface area contributed by atoms with Crippen molar-refractivity contribution in [1.29, 1.82) is 0 Å². The van der Waals surface area contributed by atoms with Crippen LogP contribution in [-0.4, -0.2) is 124 Å². The summed E-state index contributed by atoms with van der Waals surface area (Å²) in [5, 5.41) is 37.1. The van der Waals surface area contributed by atoms with Crippen LogP contribution in [0.25, 0.3) is 0 Å². The second-order valence-corrected chi connectivity index (χ2v) is 8.33. The topological polar surface area (TPSA) is 168 Å². The van der Waals surface area contributed by atoms with Crippen LogP contribution in [0.2, 0.25) is 0 Å². The predicted octanol–water partition coefficient (Wildman–Crippen LogP) is 0.651. The fraction of sp³-hybridized carbons (Fsp3) is 0.583. The molecule has 12 heteroatoms. The molecule has 1 aromatic rings. The summed E-state index contributed by atoms with van der Waals surface area (Å²) in [7, 11) is 0.